The van der Waals surface area contributed by atoms with Gasteiger partial charge < -0.3 is 0 Å². The Balaban J connectivity index is 1.97. The molecule has 0 spiro atoms. The summed E-state index contributed by atoms with van der Waals surface area (Å²) in [6.07, 6.45) is 1.06. The van der Waals surface area contributed by atoms with Gasteiger partial charge in [0.2, 0.25) is 0 Å². The summed E-state index contributed by atoms with van der Waals surface area (Å²) in [5.41, 5.74) is 4.93. The number of hydrogen-bond acceptors (Lipinski definition) is 2. The fourth-order valence-corrected chi connectivity index (χ4v) is 3.93. The van der Waals surface area contributed by atoms with Crippen molar-refractivity contribution >= 4 is 0 Å². The standard InChI is InChI=1S/C9H12O.C8H10O.Y/c1-3-8-4-5-9(10)7(2)6-8;1-6-3-4-7(2)8(9)5-6;/h4-6,10H,3H2,1-2H3;3-5,9H,1-2H3;/q;;+2/p-2. The van der Waals surface area contributed by atoms with E-state index in [4.69, 9.17) is 4.10 Å². The fraction of sp³-hybridized carbons (Fsp3) is 0.294. The first-order valence-corrected chi connectivity index (χ1v) is 9.23. The molecule has 2 aromatic carbocycles. The van der Waals surface area contributed by atoms with E-state index in [1.54, 1.807) is 0 Å². The molecular formula is C17H20O2Y. The van der Waals surface area contributed by atoms with E-state index in [1.165, 1.54) is 22.3 Å². The minimum absolute atomic E-state index is 0.966. The van der Waals surface area contributed by atoms with Gasteiger partial charge in [0, 0.05) is 0 Å². The summed E-state index contributed by atoms with van der Waals surface area (Å²) >= 11 is -1.54. The van der Waals surface area contributed by atoms with Crippen LogP contribution in [0.25, 0.3) is 0 Å². The molecule has 0 amide bonds. The number of aryl methyl sites for hydroxylation is 4. The summed E-state index contributed by atoms with van der Waals surface area (Å²) in [4.78, 5) is 0. The van der Waals surface area contributed by atoms with Crippen LogP contribution in [-0.2, 0) is 36.6 Å². The van der Waals surface area contributed by atoms with E-state index in [-0.39, 0.29) is 0 Å². The topological polar surface area (TPSA) is 18.5 Å². The molecule has 0 saturated carbocycles. The number of rotatable bonds is 5. The van der Waals surface area contributed by atoms with Crippen LogP contribution in [0.5, 0.6) is 11.5 Å². The average Bonchev–Trinajstić information content (AvgIpc) is 2.44. The Kier molecular flexibility index (Phi) is 5.62. The molecule has 2 rings (SSSR count). The zero-order valence-electron chi connectivity index (χ0n) is 12.6. The summed E-state index contributed by atoms with van der Waals surface area (Å²) in [6, 6.07) is 12.7. The maximum atomic E-state index is 5.90. The molecule has 0 fully saturated rings. The van der Waals surface area contributed by atoms with Gasteiger partial charge in [0.25, 0.3) is 0 Å². The summed E-state index contributed by atoms with van der Waals surface area (Å²) in [5, 5.41) is 0. The Labute approximate surface area is 138 Å². The van der Waals surface area contributed by atoms with E-state index in [1.807, 2.05) is 0 Å². The van der Waals surface area contributed by atoms with Crippen molar-refractivity contribution in [2.45, 2.75) is 34.1 Å². The monoisotopic (exact) mass is 345 g/mol. The van der Waals surface area contributed by atoms with Crippen molar-refractivity contribution in [2.75, 3.05) is 0 Å². The van der Waals surface area contributed by atoms with Crippen LogP contribution in [0.4, 0.5) is 0 Å². The Hall–Kier alpha value is -0.856. The summed E-state index contributed by atoms with van der Waals surface area (Å²) in [6.45, 7) is 8.40. The quantitative estimate of drug-likeness (QED) is 0.792. The van der Waals surface area contributed by atoms with Gasteiger partial charge in [-0.15, -0.1) is 0 Å². The van der Waals surface area contributed by atoms with Crippen molar-refractivity contribution in [1.29, 1.82) is 0 Å². The predicted octanol–water partition coefficient (Wildman–Crippen LogP) is 4.54. The van der Waals surface area contributed by atoms with Gasteiger partial charge in [0.1, 0.15) is 0 Å². The molecular weight excluding hydrogens is 325 g/mol. The second-order valence-corrected chi connectivity index (χ2v) is 6.69. The third-order valence-corrected chi connectivity index (χ3v) is 5.06. The van der Waals surface area contributed by atoms with E-state index >= 15 is 0 Å². The van der Waals surface area contributed by atoms with Crippen LogP contribution in [0, 0.1) is 20.8 Å². The van der Waals surface area contributed by atoms with Crippen LogP contribution in [0.3, 0.4) is 0 Å². The van der Waals surface area contributed by atoms with Crippen LogP contribution >= 0.6 is 0 Å². The molecule has 0 saturated heterocycles. The zero-order valence-corrected chi connectivity index (χ0v) is 15.4. The average molecular weight is 345 g/mol. The van der Waals surface area contributed by atoms with Crippen LogP contribution in [0.15, 0.2) is 36.4 Å². The molecule has 0 unspecified atom stereocenters. The van der Waals surface area contributed by atoms with Crippen molar-refractivity contribution in [1.82, 2.24) is 0 Å². The Morgan fingerprint density at radius 1 is 0.850 bits per heavy atom. The van der Waals surface area contributed by atoms with Gasteiger partial charge in [-0.05, 0) is 0 Å². The summed E-state index contributed by atoms with van der Waals surface area (Å²) in [7, 11) is 0. The Morgan fingerprint density at radius 2 is 1.60 bits per heavy atom. The molecule has 103 valence electrons. The fourth-order valence-electron chi connectivity index (χ4n) is 2.03. The second kappa shape index (κ2) is 7.24. The first-order chi connectivity index (χ1) is 9.60. The van der Waals surface area contributed by atoms with Gasteiger partial charge in [0.15, 0.2) is 0 Å². The molecule has 20 heavy (non-hydrogen) atoms. The third kappa shape index (κ3) is 4.07. The molecule has 2 aromatic rings. The molecule has 2 nitrogen and oxygen atoms in total. The Morgan fingerprint density at radius 3 is 2.30 bits per heavy atom. The van der Waals surface area contributed by atoms with Gasteiger partial charge >= 0.3 is 139 Å². The predicted molar refractivity (Wildman–Crippen MR) is 77.7 cm³/mol. The van der Waals surface area contributed by atoms with E-state index in [9.17, 15) is 0 Å². The molecule has 0 aliphatic carbocycles. The van der Waals surface area contributed by atoms with Gasteiger partial charge in [-0.1, -0.05) is 0 Å². The van der Waals surface area contributed by atoms with Crippen molar-refractivity contribution in [3.05, 3.63) is 58.7 Å². The maximum absolute atomic E-state index is 5.90. The molecule has 0 heterocycles. The normalized spacial score (nSPS) is 10.0. The number of benzene rings is 2. The van der Waals surface area contributed by atoms with E-state index in [0.717, 1.165) is 17.9 Å². The molecule has 0 N–H and O–H groups in total. The van der Waals surface area contributed by atoms with E-state index < -0.39 is 30.2 Å². The van der Waals surface area contributed by atoms with Crippen molar-refractivity contribution in [2.24, 2.45) is 0 Å². The first-order valence-electron chi connectivity index (χ1n) is 6.92. The van der Waals surface area contributed by atoms with Gasteiger partial charge in [-0.3, -0.25) is 0 Å². The van der Waals surface area contributed by atoms with Crippen LogP contribution in [0.1, 0.15) is 29.2 Å². The van der Waals surface area contributed by atoms with Crippen LogP contribution < -0.4 is 4.10 Å². The SMILES string of the molecule is CCc1ccc([O][Y][O]c2cc(C)ccc2C)c(C)c1. The summed E-state index contributed by atoms with van der Waals surface area (Å²) in [5.74, 6) is 1.93. The second-order valence-electron chi connectivity index (χ2n) is 5.05. The van der Waals surface area contributed by atoms with E-state index in [2.05, 4.69) is 64.1 Å². The summed E-state index contributed by atoms with van der Waals surface area (Å²) < 4.78 is 11.8. The molecule has 0 bridgehead atoms. The zero-order chi connectivity index (χ0) is 14.5. The van der Waals surface area contributed by atoms with E-state index in [0.29, 0.717) is 0 Å². The minimum atomic E-state index is -1.54. The van der Waals surface area contributed by atoms with Crippen molar-refractivity contribution in [3.63, 3.8) is 0 Å². The van der Waals surface area contributed by atoms with Crippen molar-refractivity contribution in [3.8, 4) is 11.5 Å². The van der Waals surface area contributed by atoms with Crippen LogP contribution in [0.2, 0.25) is 0 Å². The number of hydrogen-bond donors (Lipinski definition) is 0. The first kappa shape index (κ1) is 15.5. The van der Waals surface area contributed by atoms with Gasteiger partial charge in [-0.2, -0.15) is 0 Å². The van der Waals surface area contributed by atoms with Crippen molar-refractivity contribution < 1.29 is 34.3 Å². The molecule has 0 aliphatic rings. The van der Waals surface area contributed by atoms with Gasteiger partial charge in [-0.25, -0.2) is 0 Å². The molecule has 0 atom stereocenters. The Bertz CT molecular complexity index is 594. The third-order valence-electron chi connectivity index (χ3n) is 3.34. The van der Waals surface area contributed by atoms with Crippen LogP contribution in [-0.4, -0.2) is 0 Å². The molecule has 3 heteroatoms. The molecule has 0 aliphatic heterocycles. The van der Waals surface area contributed by atoms with Gasteiger partial charge in [0.05, 0.1) is 0 Å². The molecule has 0 aromatic heterocycles. The molecule has 0 radical (unpaired) electrons.